The molecule has 2 aromatic carbocycles. The highest BCUT2D eigenvalue weighted by Crippen LogP contribution is 2.41. The molecule has 1 spiro atoms. The highest BCUT2D eigenvalue weighted by Gasteiger charge is 2.49. The molecule has 0 unspecified atom stereocenters. The molecule has 2 aliphatic heterocycles. The van der Waals surface area contributed by atoms with Crippen LogP contribution in [0.4, 0.5) is 0 Å². The summed E-state index contributed by atoms with van der Waals surface area (Å²) in [6, 6.07) is 12.9. The Hall–Kier alpha value is -2.57. The maximum Gasteiger partial charge on any atom is 0.265 e. The third-order valence-electron chi connectivity index (χ3n) is 5.55. The van der Waals surface area contributed by atoms with Gasteiger partial charge in [0.15, 0.2) is 0 Å². The van der Waals surface area contributed by atoms with Crippen molar-refractivity contribution in [2.45, 2.75) is 18.4 Å². The molecule has 1 aromatic heterocycles. The summed E-state index contributed by atoms with van der Waals surface area (Å²) in [6.07, 6.45) is 1.31. The van der Waals surface area contributed by atoms with Gasteiger partial charge in [-0.2, -0.15) is 0 Å². The fraction of sp³-hybridized carbons (Fsp3) is 0.238. The molecule has 5 rings (SSSR count). The number of nitrogens with one attached hydrogen (secondary N) is 1. The number of phenols is 1. The summed E-state index contributed by atoms with van der Waals surface area (Å²) in [4.78, 5) is 26.7. The van der Waals surface area contributed by atoms with E-state index >= 15 is 0 Å². The van der Waals surface area contributed by atoms with Gasteiger partial charge in [0.05, 0.1) is 10.6 Å². The molecule has 5 nitrogen and oxygen atoms in total. The van der Waals surface area contributed by atoms with Crippen molar-refractivity contribution in [3.8, 4) is 16.9 Å². The van der Waals surface area contributed by atoms with E-state index < -0.39 is 0 Å². The summed E-state index contributed by atoms with van der Waals surface area (Å²) in [5, 5.41) is 14.4. The first-order valence-electron chi connectivity index (χ1n) is 9.06. The second kappa shape index (κ2) is 6.22. The molecule has 2 N–H and O–H groups in total. The molecular formula is C21H17ClN2O3S. The van der Waals surface area contributed by atoms with E-state index in [-0.39, 0.29) is 23.1 Å². The van der Waals surface area contributed by atoms with E-state index in [2.05, 4.69) is 5.32 Å². The SMILES string of the molecule is O=C1CCC2(CN(C(=O)c3sc4cc(-c5ccccc5O)ccc4c3Cl)C2)N1. The van der Waals surface area contributed by atoms with Crippen molar-refractivity contribution in [1.82, 2.24) is 10.2 Å². The summed E-state index contributed by atoms with van der Waals surface area (Å²) in [7, 11) is 0. The van der Waals surface area contributed by atoms with Crippen molar-refractivity contribution in [2.24, 2.45) is 0 Å². The van der Waals surface area contributed by atoms with Crippen LogP contribution in [-0.4, -0.2) is 40.4 Å². The lowest BCUT2D eigenvalue weighted by Crippen LogP contribution is -2.68. The predicted octanol–water partition coefficient (Wildman–Crippen LogP) is 4.03. The van der Waals surface area contributed by atoms with Crippen LogP contribution in [0.2, 0.25) is 5.02 Å². The maximum absolute atomic E-state index is 12.9. The first-order valence-corrected chi connectivity index (χ1v) is 10.3. The van der Waals surface area contributed by atoms with E-state index in [1.807, 2.05) is 30.3 Å². The van der Waals surface area contributed by atoms with E-state index in [0.717, 1.165) is 27.6 Å². The second-order valence-corrected chi connectivity index (χ2v) is 8.89. The molecular weight excluding hydrogens is 396 g/mol. The minimum absolute atomic E-state index is 0.0590. The molecule has 7 heteroatoms. The number of phenolic OH excluding ortho intramolecular Hbond substituents is 1. The number of nitrogens with zero attached hydrogens (tertiary/aromatic N) is 1. The van der Waals surface area contributed by atoms with Crippen LogP contribution in [0.1, 0.15) is 22.5 Å². The topological polar surface area (TPSA) is 69.6 Å². The molecule has 2 aliphatic rings. The van der Waals surface area contributed by atoms with Crippen LogP contribution in [0.15, 0.2) is 42.5 Å². The molecule has 0 aliphatic carbocycles. The molecule has 28 heavy (non-hydrogen) atoms. The van der Waals surface area contributed by atoms with Gasteiger partial charge < -0.3 is 15.3 Å². The van der Waals surface area contributed by atoms with Crippen molar-refractivity contribution < 1.29 is 14.7 Å². The largest absolute Gasteiger partial charge is 0.507 e. The van der Waals surface area contributed by atoms with Gasteiger partial charge in [0.2, 0.25) is 5.91 Å². The first kappa shape index (κ1) is 17.5. The van der Waals surface area contributed by atoms with E-state index in [0.29, 0.717) is 29.4 Å². The smallest absolute Gasteiger partial charge is 0.265 e. The van der Waals surface area contributed by atoms with Crippen LogP contribution in [0, 0.1) is 0 Å². The zero-order chi connectivity index (χ0) is 19.5. The molecule has 0 atom stereocenters. The number of para-hydroxylation sites is 1. The number of rotatable bonds is 2. The first-order chi connectivity index (χ1) is 13.5. The number of aromatic hydroxyl groups is 1. The van der Waals surface area contributed by atoms with E-state index in [9.17, 15) is 14.7 Å². The Morgan fingerprint density at radius 1 is 1.21 bits per heavy atom. The number of fused-ring (bicyclic) bond motifs is 1. The fourth-order valence-electron chi connectivity index (χ4n) is 4.07. The Labute approximate surface area is 170 Å². The molecule has 2 saturated heterocycles. The van der Waals surface area contributed by atoms with Gasteiger partial charge >= 0.3 is 0 Å². The van der Waals surface area contributed by atoms with Gasteiger partial charge in [-0.15, -0.1) is 11.3 Å². The molecule has 2 fully saturated rings. The lowest BCUT2D eigenvalue weighted by Gasteiger charge is -2.47. The van der Waals surface area contributed by atoms with Crippen molar-refractivity contribution in [3.63, 3.8) is 0 Å². The number of likely N-dealkylation sites (tertiary alicyclic amines) is 1. The lowest BCUT2D eigenvalue weighted by molar-refractivity contribution is -0.120. The molecule has 3 aromatic rings. The molecule has 0 saturated carbocycles. The summed E-state index contributed by atoms with van der Waals surface area (Å²) in [6.45, 7) is 1.07. The standard InChI is InChI=1S/C21H17ClN2O3S/c22-18-14-6-5-12(13-3-1-2-4-15(13)25)9-16(14)28-19(18)20(27)24-10-21(11-24)8-7-17(26)23-21/h1-6,9,25H,7-8,10-11H2,(H,23,26). The number of hydrogen-bond donors (Lipinski definition) is 2. The normalized spacial score (nSPS) is 17.8. The van der Waals surface area contributed by atoms with Crippen LogP contribution in [0.25, 0.3) is 21.2 Å². The Bertz CT molecular complexity index is 1130. The van der Waals surface area contributed by atoms with Gasteiger partial charge in [-0.1, -0.05) is 41.9 Å². The minimum Gasteiger partial charge on any atom is -0.507 e. The number of benzene rings is 2. The Kier molecular flexibility index (Phi) is 3.89. The third kappa shape index (κ3) is 2.67. The van der Waals surface area contributed by atoms with E-state index in [1.54, 1.807) is 17.0 Å². The van der Waals surface area contributed by atoms with Gasteiger partial charge in [0.25, 0.3) is 5.91 Å². The van der Waals surface area contributed by atoms with Crippen LogP contribution in [0.3, 0.4) is 0 Å². The molecule has 0 radical (unpaired) electrons. The fourth-order valence-corrected chi connectivity index (χ4v) is 5.59. The number of halogens is 1. The summed E-state index contributed by atoms with van der Waals surface area (Å²) >= 11 is 7.89. The maximum atomic E-state index is 12.9. The number of carbonyl (C=O) groups is 2. The minimum atomic E-state index is -0.242. The quantitative estimate of drug-likeness (QED) is 0.667. The molecule has 3 heterocycles. The lowest BCUT2D eigenvalue weighted by atomic mass is 9.88. The third-order valence-corrected chi connectivity index (χ3v) is 7.19. The Morgan fingerprint density at radius 3 is 2.71 bits per heavy atom. The van der Waals surface area contributed by atoms with Crippen LogP contribution in [-0.2, 0) is 4.79 Å². The Morgan fingerprint density at radius 2 is 2.00 bits per heavy atom. The van der Waals surface area contributed by atoms with Crippen molar-refractivity contribution in [3.05, 3.63) is 52.4 Å². The van der Waals surface area contributed by atoms with Gasteiger partial charge in [0, 0.05) is 35.2 Å². The van der Waals surface area contributed by atoms with Crippen LogP contribution < -0.4 is 5.32 Å². The molecule has 2 amide bonds. The van der Waals surface area contributed by atoms with Crippen LogP contribution >= 0.6 is 22.9 Å². The van der Waals surface area contributed by atoms with E-state index in [1.165, 1.54) is 11.3 Å². The number of thiophene rings is 1. The number of hydrogen-bond acceptors (Lipinski definition) is 4. The predicted molar refractivity (Wildman–Crippen MR) is 110 cm³/mol. The number of carbonyl (C=O) groups excluding carboxylic acids is 2. The monoisotopic (exact) mass is 412 g/mol. The van der Waals surface area contributed by atoms with E-state index in [4.69, 9.17) is 11.6 Å². The zero-order valence-corrected chi connectivity index (χ0v) is 16.4. The molecule has 142 valence electrons. The summed E-state index contributed by atoms with van der Waals surface area (Å²) in [5.41, 5.74) is 1.37. The summed E-state index contributed by atoms with van der Waals surface area (Å²) in [5.74, 6) is 0.177. The second-order valence-electron chi connectivity index (χ2n) is 7.46. The molecule has 0 bridgehead atoms. The highest BCUT2D eigenvalue weighted by molar-refractivity contribution is 7.21. The van der Waals surface area contributed by atoms with Crippen LogP contribution in [0.5, 0.6) is 5.75 Å². The highest BCUT2D eigenvalue weighted by atomic mass is 35.5. The average molecular weight is 413 g/mol. The van der Waals surface area contributed by atoms with Gasteiger partial charge in [0.1, 0.15) is 10.6 Å². The van der Waals surface area contributed by atoms with Gasteiger partial charge in [-0.3, -0.25) is 9.59 Å². The number of amides is 2. The Balaban J connectivity index is 1.44. The summed E-state index contributed by atoms with van der Waals surface area (Å²) < 4.78 is 0.901. The van der Waals surface area contributed by atoms with Gasteiger partial charge in [-0.05, 0) is 24.1 Å². The average Bonchev–Trinajstić information content (AvgIpc) is 3.21. The van der Waals surface area contributed by atoms with Gasteiger partial charge in [-0.25, -0.2) is 0 Å². The van der Waals surface area contributed by atoms with Crippen molar-refractivity contribution in [2.75, 3.05) is 13.1 Å². The van der Waals surface area contributed by atoms with Crippen molar-refractivity contribution >= 4 is 44.8 Å². The van der Waals surface area contributed by atoms with Crippen molar-refractivity contribution in [1.29, 1.82) is 0 Å². The zero-order valence-electron chi connectivity index (χ0n) is 14.9.